The monoisotopic (exact) mass is 343 g/mol. The third-order valence-corrected chi connectivity index (χ3v) is 3.49. The topological polar surface area (TPSA) is 87.1 Å². The third-order valence-electron chi connectivity index (χ3n) is 3.49. The predicted molar refractivity (Wildman–Crippen MR) is 77.9 cm³/mol. The first-order chi connectivity index (χ1) is 11.0. The van der Waals surface area contributed by atoms with Gasteiger partial charge in [0.25, 0.3) is 11.2 Å². The van der Waals surface area contributed by atoms with Crippen molar-refractivity contribution in [1.29, 1.82) is 0 Å². The second-order valence-electron chi connectivity index (χ2n) is 5.17. The van der Waals surface area contributed by atoms with Crippen molar-refractivity contribution in [2.75, 3.05) is 0 Å². The maximum atomic E-state index is 12.8. The molecule has 2 aromatic rings. The van der Waals surface area contributed by atoms with Gasteiger partial charge in [-0.25, -0.2) is 4.79 Å². The Morgan fingerprint density at radius 3 is 2.33 bits per heavy atom. The lowest BCUT2D eigenvalue weighted by molar-refractivity contribution is -0.385. The van der Waals surface area contributed by atoms with Gasteiger partial charge in [0.05, 0.1) is 11.5 Å². The van der Waals surface area contributed by atoms with Crippen molar-refractivity contribution in [3.63, 3.8) is 0 Å². The van der Waals surface area contributed by atoms with Gasteiger partial charge in [0.15, 0.2) is 0 Å². The van der Waals surface area contributed by atoms with Crippen molar-refractivity contribution in [1.82, 2.24) is 9.13 Å². The van der Waals surface area contributed by atoms with Gasteiger partial charge in [0, 0.05) is 24.7 Å². The lowest BCUT2D eigenvalue weighted by atomic mass is 10.1. The van der Waals surface area contributed by atoms with Gasteiger partial charge < -0.3 is 0 Å². The van der Waals surface area contributed by atoms with Gasteiger partial charge in [0.2, 0.25) is 0 Å². The van der Waals surface area contributed by atoms with Crippen molar-refractivity contribution in [2.24, 2.45) is 7.05 Å². The summed E-state index contributed by atoms with van der Waals surface area (Å²) in [4.78, 5) is 34.1. The van der Waals surface area contributed by atoms with E-state index in [0.29, 0.717) is 26.3 Å². The van der Waals surface area contributed by atoms with Crippen LogP contribution in [0.15, 0.2) is 33.9 Å². The van der Waals surface area contributed by atoms with E-state index in [9.17, 15) is 32.9 Å². The van der Waals surface area contributed by atoms with E-state index in [1.807, 2.05) is 0 Å². The Labute approximate surface area is 132 Å². The zero-order valence-electron chi connectivity index (χ0n) is 12.6. The first-order valence-electron chi connectivity index (χ1n) is 6.64. The predicted octanol–water partition coefficient (Wildman–Crippen LogP) is 1.83. The number of alkyl halides is 3. The summed E-state index contributed by atoms with van der Waals surface area (Å²) < 4.78 is 39.3. The molecule has 0 fully saturated rings. The summed E-state index contributed by atoms with van der Waals surface area (Å²) in [5.74, 6) is 0. The van der Waals surface area contributed by atoms with Crippen LogP contribution in [0.4, 0.5) is 18.9 Å². The SMILES string of the molecule is Cc1cc(Cn2c(=O)cc(C(F)(F)F)n(C)c2=O)ccc1[N+](=O)[O-]. The summed E-state index contributed by atoms with van der Waals surface area (Å²) in [6.45, 7) is 1.19. The summed E-state index contributed by atoms with van der Waals surface area (Å²) >= 11 is 0. The minimum atomic E-state index is -4.82. The number of nitro groups is 1. The largest absolute Gasteiger partial charge is 0.431 e. The second kappa shape index (κ2) is 5.95. The molecule has 0 bridgehead atoms. The molecular weight excluding hydrogens is 331 g/mol. The molecule has 10 heteroatoms. The molecule has 0 saturated carbocycles. The highest BCUT2D eigenvalue weighted by atomic mass is 19.4. The van der Waals surface area contributed by atoms with Crippen molar-refractivity contribution in [3.8, 4) is 0 Å². The van der Waals surface area contributed by atoms with Crippen LogP contribution in [0.25, 0.3) is 0 Å². The second-order valence-corrected chi connectivity index (χ2v) is 5.17. The molecule has 0 unspecified atom stereocenters. The maximum Gasteiger partial charge on any atom is 0.431 e. The summed E-state index contributed by atoms with van der Waals surface area (Å²) in [5, 5.41) is 10.8. The van der Waals surface area contributed by atoms with E-state index in [-0.39, 0.29) is 12.2 Å². The van der Waals surface area contributed by atoms with Crippen molar-refractivity contribution in [2.45, 2.75) is 19.6 Å². The molecule has 1 aromatic heterocycles. The number of aromatic nitrogens is 2. The summed E-state index contributed by atoms with van der Waals surface area (Å²) in [6, 6.07) is 4.31. The minimum absolute atomic E-state index is 0.133. The van der Waals surface area contributed by atoms with E-state index >= 15 is 0 Å². The fraction of sp³-hybridized carbons (Fsp3) is 0.286. The van der Waals surface area contributed by atoms with Gasteiger partial charge >= 0.3 is 11.9 Å². The van der Waals surface area contributed by atoms with E-state index in [1.165, 1.54) is 25.1 Å². The van der Waals surface area contributed by atoms with Crippen LogP contribution in [0, 0.1) is 17.0 Å². The average molecular weight is 343 g/mol. The van der Waals surface area contributed by atoms with Crippen LogP contribution in [0.2, 0.25) is 0 Å². The smallest absolute Gasteiger partial charge is 0.292 e. The van der Waals surface area contributed by atoms with Crippen LogP contribution in [-0.2, 0) is 19.8 Å². The zero-order valence-corrected chi connectivity index (χ0v) is 12.6. The number of nitro benzene ring substituents is 1. The number of benzene rings is 1. The highest BCUT2D eigenvalue weighted by molar-refractivity contribution is 5.41. The molecule has 0 amide bonds. The molecule has 7 nitrogen and oxygen atoms in total. The lowest BCUT2D eigenvalue weighted by Gasteiger charge is -2.14. The quantitative estimate of drug-likeness (QED) is 0.628. The normalized spacial score (nSPS) is 11.5. The molecule has 0 atom stereocenters. The van der Waals surface area contributed by atoms with Crippen LogP contribution >= 0.6 is 0 Å². The first-order valence-corrected chi connectivity index (χ1v) is 6.64. The zero-order chi connectivity index (χ0) is 18.2. The molecule has 128 valence electrons. The van der Waals surface area contributed by atoms with E-state index < -0.39 is 28.0 Å². The van der Waals surface area contributed by atoms with Crippen LogP contribution in [0.3, 0.4) is 0 Å². The highest BCUT2D eigenvalue weighted by Gasteiger charge is 2.34. The van der Waals surface area contributed by atoms with Crippen molar-refractivity contribution in [3.05, 3.63) is 72.0 Å². The summed E-state index contributed by atoms with van der Waals surface area (Å²) in [6.07, 6.45) is -4.82. The minimum Gasteiger partial charge on any atom is -0.292 e. The average Bonchev–Trinajstić information content (AvgIpc) is 2.45. The standard InChI is InChI=1S/C14H12F3N3O4/c1-8-5-9(3-4-10(8)20(23)24)7-19-12(21)6-11(14(15,16)17)18(2)13(19)22/h3-6H,7H2,1-2H3. The third kappa shape index (κ3) is 3.21. The first kappa shape index (κ1) is 17.4. The van der Waals surface area contributed by atoms with Gasteiger partial charge in [-0.2, -0.15) is 13.2 Å². The van der Waals surface area contributed by atoms with Crippen LogP contribution in [0.5, 0.6) is 0 Å². The Balaban J connectivity index is 2.50. The van der Waals surface area contributed by atoms with Crippen molar-refractivity contribution < 1.29 is 18.1 Å². The molecule has 0 aliphatic carbocycles. The number of hydrogen-bond donors (Lipinski definition) is 0. The van der Waals surface area contributed by atoms with Crippen LogP contribution in [-0.4, -0.2) is 14.1 Å². The van der Waals surface area contributed by atoms with Crippen LogP contribution < -0.4 is 11.2 Å². The van der Waals surface area contributed by atoms with Gasteiger partial charge in [0.1, 0.15) is 5.69 Å². The maximum absolute atomic E-state index is 12.8. The van der Waals surface area contributed by atoms with E-state index in [4.69, 9.17) is 0 Å². The number of hydrogen-bond acceptors (Lipinski definition) is 4. The van der Waals surface area contributed by atoms with Gasteiger partial charge in [-0.15, -0.1) is 0 Å². The lowest BCUT2D eigenvalue weighted by Crippen LogP contribution is -2.41. The fourth-order valence-electron chi connectivity index (χ4n) is 2.29. The Kier molecular flexibility index (Phi) is 4.32. The number of rotatable bonds is 3. The number of nitrogens with zero attached hydrogens (tertiary/aromatic N) is 3. The van der Waals surface area contributed by atoms with Gasteiger partial charge in [-0.05, 0) is 18.6 Å². The van der Waals surface area contributed by atoms with Crippen molar-refractivity contribution >= 4 is 5.69 Å². The van der Waals surface area contributed by atoms with Gasteiger partial charge in [-0.1, -0.05) is 6.07 Å². The van der Waals surface area contributed by atoms with E-state index in [0.717, 1.165) is 7.05 Å². The number of halogens is 3. The summed E-state index contributed by atoms with van der Waals surface area (Å²) in [5.41, 5.74) is -2.99. The Morgan fingerprint density at radius 2 is 1.83 bits per heavy atom. The molecular formula is C14H12F3N3O4. The van der Waals surface area contributed by atoms with Gasteiger partial charge in [-0.3, -0.25) is 24.0 Å². The Hall–Kier alpha value is -2.91. The number of aryl methyl sites for hydroxylation is 1. The molecule has 0 saturated heterocycles. The molecule has 0 radical (unpaired) electrons. The molecule has 0 spiro atoms. The van der Waals surface area contributed by atoms with Crippen LogP contribution in [0.1, 0.15) is 16.8 Å². The molecule has 1 aromatic carbocycles. The molecule has 0 aliphatic rings. The van der Waals surface area contributed by atoms with E-state index in [1.54, 1.807) is 0 Å². The molecule has 2 rings (SSSR count). The van der Waals surface area contributed by atoms with E-state index in [2.05, 4.69) is 0 Å². The molecule has 0 N–H and O–H groups in total. The molecule has 1 heterocycles. The molecule has 24 heavy (non-hydrogen) atoms. The Bertz CT molecular complexity index is 928. The fourth-order valence-corrected chi connectivity index (χ4v) is 2.29. The molecule has 0 aliphatic heterocycles. The summed E-state index contributed by atoms with van der Waals surface area (Å²) in [7, 11) is 0.919. The highest BCUT2D eigenvalue weighted by Crippen LogP contribution is 2.26. The Morgan fingerprint density at radius 1 is 1.21 bits per heavy atom.